The third-order valence-electron chi connectivity index (χ3n) is 4.61. The average Bonchev–Trinajstić information content (AvgIpc) is 2.43. The number of hydrogen-bond donors (Lipinski definition) is 1. The molecule has 2 nitrogen and oxygen atoms in total. The summed E-state index contributed by atoms with van der Waals surface area (Å²) < 4.78 is 0. The maximum atomic E-state index is 6.16. The molecule has 0 unspecified atom stereocenters. The number of unbranched alkanes of at least 4 members (excludes halogenated alkanes) is 3. The van der Waals surface area contributed by atoms with E-state index in [0.29, 0.717) is 5.54 Å². The Hall–Kier alpha value is -0.0800. The predicted octanol–water partition coefficient (Wildman–Crippen LogP) is 3.94. The molecular weight excluding hydrogens is 220 g/mol. The molecule has 0 aliphatic heterocycles. The van der Waals surface area contributed by atoms with Crippen molar-refractivity contribution in [3.63, 3.8) is 0 Å². The molecule has 1 aliphatic rings. The molecule has 0 radical (unpaired) electrons. The molecule has 0 aromatic rings. The molecule has 0 aromatic heterocycles. The SMILES string of the molecule is CCCCCCN(CCC)C1(CN)CCCCC1. The summed E-state index contributed by atoms with van der Waals surface area (Å²) in [5.74, 6) is 0. The first-order chi connectivity index (χ1) is 8.79. The fourth-order valence-electron chi connectivity index (χ4n) is 3.44. The summed E-state index contributed by atoms with van der Waals surface area (Å²) in [7, 11) is 0. The second-order valence-corrected chi connectivity index (χ2v) is 6.04. The minimum absolute atomic E-state index is 0.348. The van der Waals surface area contributed by atoms with E-state index in [2.05, 4.69) is 18.7 Å². The van der Waals surface area contributed by atoms with Crippen LogP contribution in [0.15, 0.2) is 0 Å². The summed E-state index contributed by atoms with van der Waals surface area (Å²) in [4.78, 5) is 2.74. The molecule has 0 heterocycles. The van der Waals surface area contributed by atoms with E-state index in [1.807, 2.05) is 0 Å². The Morgan fingerprint density at radius 1 is 0.889 bits per heavy atom. The van der Waals surface area contributed by atoms with E-state index >= 15 is 0 Å². The number of nitrogens with zero attached hydrogens (tertiary/aromatic N) is 1. The minimum Gasteiger partial charge on any atom is -0.329 e. The van der Waals surface area contributed by atoms with Crippen molar-refractivity contribution in [3.8, 4) is 0 Å². The van der Waals surface area contributed by atoms with Crippen LogP contribution < -0.4 is 5.73 Å². The summed E-state index contributed by atoms with van der Waals surface area (Å²) in [6.45, 7) is 7.95. The van der Waals surface area contributed by atoms with Gasteiger partial charge in [-0.2, -0.15) is 0 Å². The van der Waals surface area contributed by atoms with Gasteiger partial charge in [0.2, 0.25) is 0 Å². The number of rotatable bonds is 9. The lowest BCUT2D eigenvalue weighted by molar-refractivity contribution is 0.0550. The van der Waals surface area contributed by atoms with Crippen molar-refractivity contribution in [1.29, 1.82) is 0 Å². The van der Waals surface area contributed by atoms with Crippen LogP contribution in [-0.4, -0.2) is 30.1 Å². The molecule has 0 bridgehead atoms. The summed E-state index contributed by atoms with van der Waals surface area (Å²) >= 11 is 0. The van der Waals surface area contributed by atoms with Gasteiger partial charge in [0.25, 0.3) is 0 Å². The fraction of sp³-hybridized carbons (Fsp3) is 1.00. The monoisotopic (exact) mass is 254 g/mol. The van der Waals surface area contributed by atoms with E-state index in [4.69, 9.17) is 5.73 Å². The summed E-state index contributed by atoms with van der Waals surface area (Å²) in [6, 6.07) is 0. The van der Waals surface area contributed by atoms with E-state index < -0.39 is 0 Å². The highest BCUT2D eigenvalue weighted by atomic mass is 15.2. The van der Waals surface area contributed by atoms with Crippen LogP contribution in [0.1, 0.15) is 78.1 Å². The van der Waals surface area contributed by atoms with Crippen molar-refractivity contribution in [1.82, 2.24) is 4.90 Å². The Morgan fingerprint density at radius 3 is 2.17 bits per heavy atom. The largest absolute Gasteiger partial charge is 0.329 e. The molecule has 2 heteroatoms. The fourth-order valence-corrected chi connectivity index (χ4v) is 3.44. The van der Waals surface area contributed by atoms with Crippen LogP contribution in [0.2, 0.25) is 0 Å². The highest BCUT2D eigenvalue weighted by Gasteiger charge is 2.35. The van der Waals surface area contributed by atoms with Crippen molar-refractivity contribution in [2.75, 3.05) is 19.6 Å². The molecule has 1 fully saturated rings. The second kappa shape index (κ2) is 8.92. The molecule has 0 saturated heterocycles. The van der Waals surface area contributed by atoms with Crippen LogP contribution >= 0.6 is 0 Å². The average molecular weight is 254 g/mol. The van der Waals surface area contributed by atoms with Crippen LogP contribution in [0.5, 0.6) is 0 Å². The topological polar surface area (TPSA) is 29.3 Å². The summed E-state index contributed by atoms with van der Waals surface area (Å²) in [6.07, 6.45) is 13.6. The van der Waals surface area contributed by atoms with Crippen LogP contribution in [-0.2, 0) is 0 Å². The van der Waals surface area contributed by atoms with Crippen LogP contribution in [0.25, 0.3) is 0 Å². The van der Waals surface area contributed by atoms with Gasteiger partial charge in [0.1, 0.15) is 0 Å². The number of hydrogen-bond acceptors (Lipinski definition) is 2. The van der Waals surface area contributed by atoms with Gasteiger partial charge in [0.15, 0.2) is 0 Å². The maximum Gasteiger partial charge on any atom is 0.0331 e. The number of nitrogens with two attached hydrogens (primary N) is 1. The van der Waals surface area contributed by atoms with E-state index in [-0.39, 0.29) is 0 Å². The molecule has 1 aliphatic carbocycles. The van der Waals surface area contributed by atoms with E-state index in [1.54, 1.807) is 0 Å². The molecule has 0 amide bonds. The Bertz CT molecular complexity index is 197. The van der Waals surface area contributed by atoms with Gasteiger partial charge in [0.05, 0.1) is 0 Å². The van der Waals surface area contributed by atoms with Crippen molar-refractivity contribution in [2.24, 2.45) is 5.73 Å². The molecule has 108 valence electrons. The van der Waals surface area contributed by atoms with Gasteiger partial charge >= 0.3 is 0 Å². The minimum atomic E-state index is 0.348. The normalized spacial score (nSPS) is 19.3. The highest BCUT2D eigenvalue weighted by Crippen LogP contribution is 2.33. The van der Waals surface area contributed by atoms with Gasteiger partial charge in [-0.1, -0.05) is 52.4 Å². The Morgan fingerprint density at radius 2 is 1.61 bits per heavy atom. The van der Waals surface area contributed by atoms with Gasteiger partial charge in [-0.3, -0.25) is 4.90 Å². The molecular formula is C16H34N2. The standard InChI is InChI=1S/C16H34N2/c1-3-5-6-10-14-18(13-4-2)16(15-17)11-8-7-9-12-16/h3-15,17H2,1-2H3. The van der Waals surface area contributed by atoms with Crippen molar-refractivity contribution in [2.45, 2.75) is 83.6 Å². The van der Waals surface area contributed by atoms with Gasteiger partial charge in [0, 0.05) is 12.1 Å². The molecule has 1 rings (SSSR count). The Balaban J connectivity index is 2.50. The maximum absolute atomic E-state index is 6.16. The molecule has 0 atom stereocenters. The first kappa shape index (κ1) is 16.0. The van der Waals surface area contributed by atoms with E-state index in [1.165, 1.54) is 77.3 Å². The highest BCUT2D eigenvalue weighted by molar-refractivity contribution is 4.94. The van der Waals surface area contributed by atoms with Crippen molar-refractivity contribution < 1.29 is 0 Å². The van der Waals surface area contributed by atoms with Crippen LogP contribution in [0.3, 0.4) is 0 Å². The van der Waals surface area contributed by atoms with E-state index in [0.717, 1.165) is 6.54 Å². The smallest absolute Gasteiger partial charge is 0.0331 e. The van der Waals surface area contributed by atoms with Gasteiger partial charge < -0.3 is 5.73 Å². The van der Waals surface area contributed by atoms with Crippen LogP contribution in [0.4, 0.5) is 0 Å². The molecule has 0 aromatic carbocycles. The lowest BCUT2D eigenvalue weighted by atomic mass is 9.80. The van der Waals surface area contributed by atoms with Gasteiger partial charge in [-0.05, 0) is 38.8 Å². The molecule has 1 saturated carbocycles. The van der Waals surface area contributed by atoms with Crippen molar-refractivity contribution in [3.05, 3.63) is 0 Å². The van der Waals surface area contributed by atoms with Gasteiger partial charge in [-0.15, -0.1) is 0 Å². The van der Waals surface area contributed by atoms with Crippen LogP contribution in [0, 0.1) is 0 Å². The first-order valence-corrected chi connectivity index (χ1v) is 8.24. The van der Waals surface area contributed by atoms with Crippen molar-refractivity contribution >= 4 is 0 Å². The zero-order valence-electron chi connectivity index (χ0n) is 12.7. The van der Waals surface area contributed by atoms with Gasteiger partial charge in [-0.25, -0.2) is 0 Å². The molecule has 2 N–H and O–H groups in total. The zero-order chi connectivity index (χ0) is 13.3. The summed E-state index contributed by atoms with van der Waals surface area (Å²) in [5.41, 5.74) is 6.51. The Kier molecular flexibility index (Phi) is 7.92. The third-order valence-corrected chi connectivity index (χ3v) is 4.61. The first-order valence-electron chi connectivity index (χ1n) is 8.24. The second-order valence-electron chi connectivity index (χ2n) is 6.04. The van der Waals surface area contributed by atoms with E-state index in [9.17, 15) is 0 Å². The lowest BCUT2D eigenvalue weighted by Gasteiger charge is -2.46. The zero-order valence-corrected chi connectivity index (χ0v) is 12.7. The third kappa shape index (κ3) is 4.55. The summed E-state index contributed by atoms with van der Waals surface area (Å²) in [5, 5.41) is 0. The molecule has 0 spiro atoms. The molecule has 18 heavy (non-hydrogen) atoms. The lowest BCUT2D eigenvalue weighted by Crippen LogP contribution is -2.55. The Labute approximate surface area is 114 Å². The predicted molar refractivity (Wildman–Crippen MR) is 80.9 cm³/mol. The quantitative estimate of drug-likeness (QED) is 0.631.